The van der Waals surface area contributed by atoms with E-state index in [9.17, 15) is 0 Å². The third-order valence-corrected chi connectivity index (χ3v) is 2.24. The predicted octanol–water partition coefficient (Wildman–Crippen LogP) is -0.494. The molecule has 2 rings (SSSR count). The summed E-state index contributed by atoms with van der Waals surface area (Å²) in [5.41, 5.74) is 0. The second-order valence-electron chi connectivity index (χ2n) is 2.91. The number of hydrogen-bond donors (Lipinski definition) is 2. The first-order valence-electron chi connectivity index (χ1n) is 4.02. The molecule has 1 aromatic heterocycles. The smallest absolute Gasteiger partial charge is 0.137 e. The lowest BCUT2D eigenvalue weighted by Crippen LogP contribution is -2.31. The van der Waals surface area contributed by atoms with Crippen molar-refractivity contribution in [2.24, 2.45) is 0 Å². The predicted molar refractivity (Wildman–Crippen MR) is 42.8 cm³/mol. The minimum Gasteiger partial charge on any atom is -0.379 e. The molecule has 1 aromatic rings. The average Bonchev–Trinajstić information content (AvgIpc) is 2.74. The van der Waals surface area contributed by atoms with Gasteiger partial charge < -0.3 is 10.1 Å². The van der Waals surface area contributed by atoms with Gasteiger partial charge in [-0.2, -0.15) is 5.10 Å². The highest BCUT2D eigenvalue weighted by molar-refractivity contribution is 5.02. The van der Waals surface area contributed by atoms with Crippen molar-refractivity contribution in [2.75, 3.05) is 20.3 Å². The molecule has 0 spiro atoms. The van der Waals surface area contributed by atoms with Crippen LogP contribution in [0.15, 0.2) is 6.33 Å². The Morgan fingerprint density at radius 2 is 2.58 bits per heavy atom. The van der Waals surface area contributed by atoms with Gasteiger partial charge in [-0.1, -0.05) is 0 Å². The van der Waals surface area contributed by atoms with Gasteiger partial charge in [0.05, 0.1) is 19.1 Å². The maximum Gasteiger partial charge on any atom is 0.137 e. The van der Waals surface area contributed by atoms with Crippen molar-refractivity contribution in [3.63, 3.8) is 0 Å². The van der Waals surface area contributed by atoms with E-state index >= 15 is 0 Å². The Hall–Kier alpha value is -0.940. The quantitative estimate of drug-likeness (QED) is 0.625. The number of rotatable bonds is 2. The molecule has 1 saturated heterocycles. The van der Waals surface area contributed by atoms with Crippen LogP contribution < -0.4 is 5.32 Å². The Balaban J connectivity index is 2.13. The maximum absolute atomic E-state index is 5.33. The molecule has 1 aliphatic rings. The number of H-pyrrole nitrogens is 1. The van der Waals surface area contributed by atoms with E-state index in [1.807, 2.05) is 7.05 Å². The Bertz CT molecular complexity index is 236. The van der Waals surface area contributed by atoms with E-state index < -0.39 is 0 Å². The van der Waals surface area contributed by atoms with Gasteiger partial charge in [0.15, 0.2) is 0 Å². The number of nitrogens with one attached hydrogen (secondary N) is 2. The van der Waals surface area contributed by atoms with Crippen LogP contribution in [-0.4, -0.2) is 41.5 Å². The van der Waals surface area contributed by atoms with Gasteiger partial charge in [0.1, 0.15) is 12.2 Å². The summed E-state index contributed by atoms with van der Waals surface area (Å²) in [5.74, 6) is 1.23. The van der Waals surface area contributed by atoms with Crippen molar-refractivity contribution in [1.29, 1.82) is 0 Å². The molecule has 66 valence electrons. The van der Waals surface area contributed by atoms with Crippen molar-refractivity contribution >= 4 is 0 Å². The number of aromatic nitrogens is 3. The van der Waals surface area contributed by atoms with E-state index in [0.29, 0.717) is 12.0 Å². The molecular weight excluding hydrogens is 156 g/mol. The number of nitrogens with zero attached hydrogens (tertiary/aromatic N) is 2. The van der Waals surface area contributed by atoms with Crippen LogP contribution >= 0.6 is 0 Å². The fourth-order valence-corrected chi connectivity index (χ4v) is 1.50. The molecular formula is C7H12N4O. The van der Waals surface area contributed by atoms with Crippen LogP contribution in [-0.2, 0) is 4.74 Å². The first-order valence-corrected chi connectivity index (χ1v) is 4.02. The average molecular weight is 168 g/mol. The van der Waals surface area contributed by atoms with E-state index in [0.717, 1.165) is 19.0 Å². The highest BCUT2D eigenvalue weighted by atomic mass is 16.5. The van der Waals surface area contributed by atoms with Gasteiger partial charge in [0.2, 0.25) is 0 Å². The third kappa shape index (κ3) is 1.21. The molecule has 5 heteroatoms. The second kappa shape index (κ2) is 3.20. The lowest BCUT2D eigenvalue weighted by molar-refractivity contribution is 0.188. The number of hydrogen-bond acceptors (Lipinski definition) is 4. The summed E-state index contributed by atoms with van der Waals surface area (Å²) in [7, 11) is 1.93. The zero-order chi connectivity index (χ0) is 8.39. The second-order valence-corrected chi connectivity index (χ2v) is 2.91. The van der Waals surface area contributed by atoms with E-state index in [-0.39, 0.29) is 0 Å². The summed E-state index contributed by atoms with van der Waals surface area (Å²) in [6.07, 6.45) is 1.53. The van der Waals surface area contributed by atoms with E-state index in [1.165, 1.54) is 6.33 Å². The van der Waals surface area contributed by atoms with Crippen LogP contribution in [0.25, 0.3) is 0 Å². The van der Waals surface area contributed by atoms with Crippen LogP contribution in [0.4, 0.5) is 0 Å². The van der Waals surface area contributed by atoms with Crippen LogP contribution in [0.2, 0.25) is 0 Å². The van der Waals surface area contributed by atoms with Crippen LogP contribution in [0.3, 0.4) is 0 Å². The van der Waals surface area contributed by atoms with Gasteiger partial charge in [-0.25, -0.2) is 4.98 Å². The molecule has 0 amide bonds. The molecule has 12 heavy (non-hydrogen) atoms. The SMILES string of the molecule is CNC1COCC1c1ncn[nH]1. The van der Waals surface area contributed by atoms with Crippen molar-refractivity contribution in [3.05, 3.63) is 12.2 Å². The third-order valence-electron chi connectivity index (χ3n) is 2.24. The minimum atomic E-state index is 0.317. The Kier molecular flexibility index (Phi) is 2.05. The molecule has 0 radical (unpaired) electrons. The molecule has 0 aromatic carbocycles. The fourth-order valence-electron chi connectivity index (χ4n) is 1.50. The van der Waals surface area contributed by atoms with Gasteiger partial charge in [0, 0.05) is 6.04 Å². The largest absolute Gasteiger partial charge is 0.379 e. The molecule has 0 saturated carbocycles. The molecule has 2 atom stereocenters. The Labute approximate surface area is 70.5 Å². The van der Waals surface area contributed by atoms with Crippen LogP contribution in [0, 0.1) is 0 Å². The summed E-state index contributed by atoms with van der Waals surface area (Å²) in [6.45, 7) is 1.47. The monoisotopic (exact) mass is 168 g/mol. The molecule has 1 aliphatic heterocycles. The molecule has 0 aliphatic carbocycles. The number of ether oxygens (including phenoxy) is 1. The topological polar surface area (TPSA) is 62.8 Å². The van der Waals surface area contributed by atoms with Gasteiger partial charge in [0.25, 0.3) is 0 Å². The van der Waals surface area contributed by atoms with Gasteiger partial charge in [-0.3, -0.25) is 5.10 Å². The Morgan fingerprint density at radius 1 is 1.67 bits per heavy atom. The first kappa shape index (κ1) is 7.70. The van der Waals surface area contributed by atoms with E-state index in [1.54, 1.807) is 0 Å². The van der Waals surface area contributed by atoms with Gasteiger partial charge in [-0.15, -0.1) is 0 Å². The summed E-state index contributed by atoms with van der Waals surface area (Å²) in [6, 6.07) is 0.359. The molecule has 2 unspecified atom stereocenters. The molecule has 2 heterocycles. The van der Waals surface area contributed by atoms with Gasteiger partial charge >= 0.3 is 0 Å². The lowest BCUT2D eigenvalue weighted by Gasteiger charge is -2.12. The molecule has 2 N–H and O–H groups in total. The summed E-state index contributed by atoms with van der Waals surface area (Å²) in [4.78, 5) is 4.11. The van der Waals surface area contributed by atoms with E-state index in [2.05, 4.69) is 20.5 Å². The van der Waals surface area contributed by atoms with Crippen molar-refractivity contribution in [2.45, 2.75) is 12.0 Å². The highest BCUT2D eigenvalue weighted by Crippen LogP contribution is 2.21. The van der Waals surface area contributed by atoms with Crippen molar-refractivity contribution < 1.29 is 4.74 Å². The van der Waals surface area contributed by atoms with E-state index in [4.69, 9.17) is 4.74 Å². The first-order chi connectivity index (χ1) is 5.92. The summed E-state index contributed by atoms with van der Waals surface area (Å²) >= 11 is 0. The van der Waals surface area contributed by atoms with Gasteiger partial charge in [-0.05, 0) is 7.05 Å². The fraction of sp³-hybridized carbons (Fsp3) is 0.714. The highest BCUT2D eigenvalue weighted by Gasteiger charge is 2.30. The summed E-state index contributed by atoms with van der Waals surface area (Å²) < 4.78 is 5.33. The zero-order valence-corrected chi connectivity index (χ0v) is 6.95. The zero-order valence-electron chi connectivity index (χ0n) is 6.95. The van der Waals surface area contributed by atoms with Crippen LogP contribution in [0.1, 0.15) is 11.7 Å². The maximum atomic E-state index is 5.33. The summed E-state index contributed by atoms with van der Waals surface area (Å²) in [5, 5.41) is 9.87. The Morgan fingerprint density at radius 3 is 3.25 bits per heavy atom. The number of likely N-dealkylation sites (N-methyl/N-ethyl adjacent to an activating group) is 1. The minimum absolute atomic E-state index is 0.317. The van der Waals surface area contributed by atoms with Crippen molar-refractivity contribution in [1.82, 2.24) is 20.5 Å². The normalized spacial score (nSPS) is 29.4. The van der Waals surface area contributed by atoms with Crippen LogP contribution in [0.5, 0.6) is 0 Å². The number of aromatic amines is 1. The van der Waals surface area contributed by atoms with Crippen molar-refractivity contribution in [3.8, 4) is 0 Å². The molecule has 0 bridgehead atoms. The lowest BCUT2D eigenvalue weighted by atomic mass is 10.0. The standard InChI is InChI=1S/C7H12N4O/c1-8-6-3-12-2-5(6)7-9-4-10-11-7/h4-6,8H,2-3H2,1H3,(H,9,10,11). The molecule has 1 fully saturated rings. The molecule has 5 nitrogen and oxygen atoms in total.